The van der Waals surface area contributed by atoms with Gasteiger partial charge in [0.05, 0.1) is 6.04 Å². The summed E-state index contributed by atoms with van der Waals surface area (Å²) in [5.74, 6) is -0.501. The number of carbonyl (C=O) groups is 2. The quantitative estimate of drug-likeness (QED) is 0.308. The highest BCUT2D eigenvalue weighted by Gasteiger charge is 2.10. The second kappa shape index (κ2) is 6.94. The molecule has 0 amide bonds. The van der Waals surface area contributed by atoms with Gasteiger partial charge in [-0.05, 0) is 26.4 Å². The third-order valence-corrected chi connectivity index (χ3v) is 1.67. The third-order valence-electron chi connectivity index (χ3n) is 1.67. The zero-order valence-electron chi connectivity index (χ0n) is 7.38. The van der Waals surface area contributed by atoms with Gasteiger partial charge in [-0.2, -0.15) is 0 Å². The minimum Gasteiger partial charge on any atom is -0.321 e. The zero-order chi connectivity index (χ0) is 9.40. The molecule has 3 N–H and O–H groups in total. The van der Waals surface area contributed by atoms with Crippen molar-refractivity contribution in [3.8, 4) is 0 Å². The summed E-state index contributed by atoms with van der Waals surface area (Å²) in [6, 6.07) is -0.598. The van der Waals surface area contributed by atoms with Gasteiger partial charge in [-0.1, -0.05) is 6.42 Å². The molecule has 0 aliphatic heterocycles. The number of hydrogen-bond donors (Lipinski definition) is 2. The average molecular weight is 172 g/mol. The van der Waals surface area contributed by atoms with E-state index in [2.05, 4.69) is 5.32 Å². The van der Waals surface area contributed by atoms with E-state index >= 15 is 0 Å². The van der Waals surface area contributed by atoms with E-state index in [9.17, 15) is 9.59 Å². The number of nitrogens with one attached hydrogen (secondary N) is 1. The molecule has 0 heterocycles. The van der Waals surface area contributed by atoms with Gasteiger partial charge in [0.2, 0.25) is 5.78 Å². The lowest BCUT2D eigenvalue weighted by atomic mass is 10.1. The van der Waals surface area contributed by atoms with Gasteiger partial charge in [-0.15, -0.1) is 0 Å². The molecule has 70 valence electrons. The summed E-state index contributed by atoms with van der Waals surface area (Å²) in [6.07, 6.45) is 2.75. The predicted molar refractivity (Wildman–Crippen MR) is 46.8 cm³/mol. The smallest absolute Gasteiger partial charge is 0.211 e. The minimum absolute atomic E-state index is 0.294. The van der Waals surface area contributed by atoms with Crippen LogP contribution >= 0.6 is 0 Å². The Labute approximate surface area is 72.5 Å². The van der Waals surface area contributed by atoms with Crippen LogP contribution in [0.4, 0.5) is 0 Å². The summed E-state index contributed by atoms with van der Waals surface area (Å²) < 4.78 is 0. The van der Waals surface area contributed by atoms with Crippen molar-refractivity contribution in [2.45, 2.75) is 25.3 Å². The fourth-order valence-corrected chi connectivity index (χ4v) is 0.896. The standard InChI is InChI=1S/C8H16N2O2/c1-10-5-3-2-4-7(9)8(12)6-11/h6-7,10H,2-5,9H2,1H3. The van der Waals surface area contributed by atoms with Gasteiger partial charge in [0.25, 0.3) is 0 Å². The molecule has 0 radical (unpaired) electrons. The third kappa shape index (κ3) is 4.98. The van der Waals surface area contributed by atoms with Gasteiger partial charge in [0, 0.05) is 0 Å². The first-order valence-corrected chi connectivity index (χ1v) is 4.11. The molecule has 0 spiro atoms. The number of rotatable bonds is 7. The monoisotopic (exact) mass is 172 g/mol. The Morgan fingerprint density at radius 1 is 1.58 bits per heavy atom. The van der Waals surface area contributed by atoms with Crippen LogP contribution in [0.3, 0.4) is 0 Å². The Balaban J connectivity index is 3.37. The van der Waals surface area contributed by atoms with Crippen LogP contribution in [0, 0.1) is 0 Å². The Morgan fingerprint density at radius 2 is 2.25 bits per heavy atom. The van der Waals surface area contributed by atoms with Crippen LogP contribution in [0.15, 0.2) is 0 Å². The summed E-state index contributed by atoms with van der Waals surface area (Å²) in [7, 11) is 1.87. The van der Waals surface area contributed by atoms with Crippen LogP contribution in [-0.4, -0.2) is 31.7 Å². The highest BCUT2D eigenvalue weighted by Crippen LogP contribution is 1.97. The van der Waals surface area contributed by atoms with E-state index in [1.807, 2.05) is 7.05 Å². The van der Waals surface area contributed by atoms with E-state index in [1.54, 1.807) is 0 Å². The fraction of sp³-hybridized carbons (Fsp3) is 0.750. The number of carbonyl (C=O) groups excluding carboxylic acids is 2. The van der Waals surface area contributed by atoms with Gasteiger partial charge in [0.15, 0.2) is 6.29 Å². The van der Waals surface area contributed by atoms with E-state index < -0.39 is 11.8 Å². The van der Waals surface area contributed by atoms with Crippen LogP contribution < -0.4 is 11.1 Å². The molecule has 1 atom stereocenters. The number of nitrogens with two attached hydrogens (primary N) is 1. The molecule has 0 rings (SSSR count). The van der Waals surface area contributed by atoms with Crippen molar-refractivity contribution in [1.82, 2.24) is 5.32 Å². The van der Waals surface area contributed by atoms with Gasteiger partial charge in [0.1, 0.15) is 0 Å². The molecule has 0 saturated carbocycles. The number of Topliss-reactive ketones (excluding diaryl/α,β-unsaturated/α-hetero) is 1. The maximum Gasteiger partial charge on any atom is 0.211 e. The molecule has 0 bridgehead atoms. The maximum atomic E-state index is 10.7. The zero-order valence-corrected chi connectivity index (χ0v) is 7.38. The summed E-state index contributed by atoms with van der Waals surface area (Å²) in [6.45, 7) is 0.919. The fourth-order valence-electron chi connectivity index (χ4n) is 0.896. The SMILES string of the molecule is CNCCCCC(N)C(=O)C=O. The first kappa shape index (κ1) is 11.3. The lowest BCUT2D eigenvalue weighted by Crippen LogP contribution is -2.31. The first-order chi connectivity index (χ1) is 5.72. The van der Waals surface area contributed by atoms with Crippen molar-refractivity contribution >= 4 is 12.1 Å². The number of ketones is 1. The van der Waals surface area contributed by atoms with Crippen molar-refractivity contribution in [3.63, 3.8) is 0 Å². The van der Waals surface area contributed by atoms with Crippen LogP contribution in [0.1, 0.15) is 19.3 Å². The molecule has 0 aromatic rings. The summed E-state index contributed by atoms with van der Waals surface area (Å²) in [5.41, 5.74) is 5.41. The number of hydrogen-bond acceptors (Lipinski definition) is 4. The Morgan fingerprint density at radius 3 is 2.75 bits per heavy atom. The molecule has 0 aliphatic rings. The van der Waals surface area contributed by atoms with E-state index in [0.29, 0.717) is 12.7 Å². The lowest BCUT2D eigenvalue weighted by Gasteiger charge is -2.05. The highest BCUT2D eigenvalue weighted by atomic mass is 16.2. The summed E-state index contributed by atoms with van der Waals surface area (Å²) in [4.78, 5) is 20.7. The van der Waals surface area contributed by atoms with Gasteiger partial charge < -0.3 is 11.1 Å². The largest absolute Gasteiger partial charge is 0.321 e. The van der Waals surface area contributed by atoms with Crippen molar-refractivity contribution in [2.24, 2.45) is 5.73 Å². The van der Waals surface area contributed by atoms with Crippen molar-refractivity contribution in [2.75, 3.05) is 13.6 Å². The second-order valence-corrected chi connectivity index (χ2v) is 2.73. The van der Waals surface area contributed by atoms with Crippen molar-refractivity contribution in [1.29, 1.82) is 0 Å². The average Bonchev–Trinajstić information content (AvgIpc) is 2.10. The molecule has 0 aliphatic carbocycles. The Bertz CT molecular complexity index is 148. The lowest BCUT2D eigenvalue weighted by molar-refractivity contribution is -0.130. The first-order valence-electron chi connectivity index (χ1n) is 4.11. The van der Waals surface area contributed by atoms with E-state index in [1.165, 1.54) is 0 Å². The normalized spacial score (nSPS) is 12.5. The Hall–Kier alpha value is -0.740. The molecule has 0 aromatic heterocycles. The van der Waals surface area contributed by atoms with E-state index in [-0.39, 0.29) is 0 Å². The molecule has 0 fully saturated rings. The second-order valence-electron chi connectivity index (χ2n) is 2.73. The molecular weight excluding hydrogens is 156 g/mol. The van der Waals surface area contributed by atoms with E-state index in [4.69, 9.17) is 5.73 Å². The summed E-state index contributed by atoms with van der Waals surface area (Å²) >= 11 is 0. The van der Waals surface area contributed by atoms with Crippen molar-refractivity contribution < 1.29 is 9.59 Å². The van der Waals surface area contributed by atoms with Crippen LogP contribution in [0.5, 0.6) is 0 Å². The van der Waals surface area contributed by atoms with Gasteiger partial charge in [-0.25, -0.2) is 0 Å². The van der Waals surface area contributed by atoms with Crippen molar-refractivity contribution in [3.05, 3.63) is 0 Å². The van der Waals surface area contributed by atoms with Crippen LogP contribution in [0.2, 0.25) is 0 Å². The maximum absolute atomic E-state index is 10.7. The van der Waals surface area contributed by atoms with Gasteiger partial charge >= 0.3 is 0 Å². The molecule has 0 saturated heterocycles. The van der Waals surface area contributed by atoms with E-state index in [0.717, 1.165) is 19.4 Å². The molecular formula is C8H16N2O2. The Kier molecular flexibility index (Phi) is 6.51. The predicted octanol–water partition coefficient (Wildman–Crippen LogP) is -0.529. The molecule has 4 nitrogen and oxygen atoms in total. The van der Waals surface area contributed by atoms with Crippen LogP contribution in [0.25, 0.3) is 0 Å². The minimum atomic E-state index is -0.598. The topological polar surface area (TPSA) is 72.2 Å². The number of unbranched alkanes of at least 4 members (excludes halogenated alkanes) is 1. The molecule has 0 aromatic carbocycles. The highest BCUT2D eigenvalue weighted by molar-refractivity contribution is 6.27. The summed E-state index contributed by atoms with van der Waals surface area (Å²) in [5, 5.41) is 2.99. The number of aldehydes is 1. The molecule has 4 heteroatoms. The van der Waals surface area contributed by atoms with Crippen LogP contribution in [-0.2, 0) is 9.59 Å². The van der Waals surface area contributed by atoms with Gasteiger partial charge in [-0.3, -0.25) is 9.59 Å². The molecule has 1 unspecified atom stereocenters. The molecule has 12 heavy (non-hydrogen) atoms.